The van der Waals surface area contributed by atoms with Crippen LogP contribution in [0.4, 0.5) is 0 Å². The van der Waals surface area contributed by atoms with Crippen LogP contribution in [0.5, 0.6) is 0 Å². The molecule has 0 aliphatic carbocycles. The van der Waals surface area contributed by atoms with Gasteiger partial charge in [0.2, 0.25) is 0 Å². The molecule has 1 heterocycles. The second-order valence-corrected chi connectivity index (χ2v) is 4.38. The highest BCUT2D eigenvalue weighted by atomic mass is 35.5. The van der Waals surface area contributed by atoms with Crippen molar-refractivity contribution in [2.45, 2.75) is 13.3 Å². The number of thioether (sulfide) groups is 1. The van der Waals surface area contributed by atoms with Gasteiger partial charge in [0.05, 0.1) is 0 Å². The van der Waals surface area contributed by atoms with E-state index in [1.807, 2.05) is 18.2 Å². The molecule has 1 aliphatic heterocycles. The first-order valence-electron chi connectivity index (χ1n) is 4.20. The van der Waals surface area contributed by atoms with E-state index < -0.39 is 0 Å². The molecule has 0 fully saturated rings. The minimum Gasteiger partial charge on any atom is -0.134 e. The summed E-state index contributed by atoms with van der Waals surface area (Å²) in [6.07, 6.45) is 6.87. The summed E-state index contributed by atoms with van der Waals surface area (Å²) < 4.78 is 0. The summed E-state index contributed by atoms with van der Waals surface area (Å²) in [7, 11) is 0. The summed E-state index contributed by atoms with van der Waals surface area (Å²) in [5.41, 5.74) is 2.35. The van der Waals surface area contributed by atoms with Gasteiger partial charge in [0.15, 0.2) is 0 Å². The van der Waals surface area contributed by atoms with Gasteiger partial charge in [0.1, 0.15) is 0 Å². The van der Waals surface area contributed by atoms with Crippen molar-refractivity contribution >= 4 is 23.4 Å². The minimum absolute atomic E-state index is 0.761. The van der Waals surface area contributed by atoms with E-state index in [1.54, 1.807) is 11.8 Å². The lowest BCUT2D eigenvalue weighted by molar-refractivity contribution is 1.13. The molecule has 0 radical (unpaired) electrons. The molecule has 0 aromatic carbocycles. The molecule has 1 rings (SSSR count). The zero-order valence-electron chi connectivity index (χ0n) is 7.72. The molecule has 0 nitrogen and oxygen atoms in total. The van der Waals surface area contributed by atoms with Crippen molar-refractivity contribution in [3.63, 3.8) is 0 Å². The van der Waals surface area contributed by atoms with E-state index in [2.05, 4.69) is 18.9 Å². The minimum atomic E-state index is 0.761. The second kappa shape index (κ2) is 5.36. The highest BCUT2D eigenvalue weighted by Crippen LogP contribution is 2.20. The van der Waals surface area contributed by atoms with Gasteiger partial charge in [-0.3, -0.25) is 0 Å². The van der Waals surface area contributed by atoms with Crippen LogP contribution in [0.2, 0.25) is 0 Å². The molecule has 0 atom stereocenters. The van der Waals surface area contributed by atoms with Crippen molar-refractivity contribution in [3.8, 4) is 0 Å². The van der Waals surface area contributed by atoms with Crippen molar-refractivity contribution in [2.24, 2.45) is 0 Å². The molecule has 0 saturated heterocycles. The van der Waals surface area contributed by atoms with E-state index in [-0.39, 0.29) is 0 Å². The van der Waals surface area contributed by atoms with Crippen LogP contribution in [0.25, 0.3) is 0 Å². The van der Waals surface area contributed by atoms with Gasteiger partial charge in [0, 0.05) is 10.8 Å². The van der Waals surface area contributed by atoms with Crippen molar-refractivity contribution in [1.82, 2.24) is 0 Å². The Hall–Kier alpha value is -0.400. The topological polar surface area (TPSA) is 0 Å². The smallest absolute Gasteiger partial charge is 0.0408 e. The van der Waals surface area contributed by atoms with E-state index in [1.165, 1.54) is 11.1 Å². The van der Waals surface area contributed by atoms with Gasteiger partial charge in [-0.1, -0.05) is 29.8 Å². The van der Waals surface area contributed by atoms with Crippen LogP contribution in [-0.4, -0.2) is 5.75 Å². The Balaban J connectivity index is 2.86. The summed E-state index contributed by atoms with van der Waals surface area (Å²) in [6.45, 7) is 6.06. The zero-order valence-corrected chi connectivity index (χ0v) is 9.29. The summed E-state index contributed by atoms with van der Waals surface area (Å²) in [5, 5.41) is 2.82. The standard InChI is InChI=1S/C11H13ClS/c1-9-5-7-13-6-3-4-11(12)8-10(9)2/h3-4,6,8H,1,5,7H2,2H3/b6-3+,10-8?,11-4+. The zero-order chi connectivity index (χ0) is 9.68. The molecule has 0 bridgehead atoms. The highest BCUT2D eigenvalue weighted by molar-refractivity contribution is 8.02. The predicted molar refractivity (Wildman–Crippen MR) is 63.0 cm³/mol. The lowest BCUT2D eigenvalue weighted by Crippen LogP contribution is -1.87. The lowest BCUT2D eigenvalue weighted by atomic mass is 10.1. The first-order valence-corrected chi connectivity index (χ1v) is 5.63. The third-order valence-corrected chi connectivity index (χ3v) is 2.89. The molecule has 0 amide bonds. The van der Waals surface area contributed by atoms with Crippen molar-refractivity contribution in [1.29, 1.82) is 0 Å². The second-order valence-electron chi connectivity index (χ2n) is 2.93. The van der Waals surface area contributed by atoms with Crippen LogP contribution in [0.1, 0.15) is 13.3 Å². The first-order chi connectivity index (χ1) is 6.20. The van der Waals surface area contributed by atoms with Crippen LogP contribution in [0.3, 0.4) is 0 Å². The highest BCUT2D eigenvalue weighted by Gasteiger charge is 1.98. The molecule has 0 saturated carbocycles. The van der Waals surface area contributed by atoms with Crippen molar-refractivity contribution in [2.75, 3.05) is 5.75 Å². The fourth-order valence-corrected chi connectivity index (χ4v) is 1.92. The Bertz CT molecular complexity index is 284. The average molecular weight is 213 g/mol. The summed E-state index contributed by atoms with van der Waals surface area (Å²) in [4.78, 5) is 0. The molecular formula is C11H13ClS. The van der Waals surface area contributed by atoms with Crippen LogP contribution < -0.4 is 0 Å². The fourth-order valence-electron chi connectivity index (χ4n) is 0.991. The molecule has 13 heavy (non-hydrogen) atoms. The Morgan fingerprint density at radius 3 is 3.08 bits per heavy atom. The summed E-state index contributed by atoms with van der Waals surface area (Å²) >= 11 is 7.75. The van der Waals surface area contributed by atoms with Gasteiger partial charge in [-0.05, 0) is 36.5 Å². The third kappa shape index (κ3) is 3.88. The van der Waals surface area contributed by atoms with E-state index in [0.29, 0.717) is 0 Å². The maximum absolute atomic E-state index is 5.96. The van der Waals surface area contributed by atoms with E-state index in [4.69, 9.17) is 11.6 Å². The van der Waals surface area contributed by atoms with Gasteiger partial charge in [-0.25, -0.2) is 0 Å². The lowest BCUT2D eigenvalue weighted by Gasteiger charge is -2.05. The molecule has 1 aliphatic rings. The van der Waals surface area contributed by atoms with Crippen LogP contribution >= 0.6 is 23.4 Å². The van der Waals surface area contributed by atoms with Gasteiger partial charge in [-0.2, -0.15) is 0 Å². The summed E-state index contributed by atoms with van der Waals surface area (Å²) in [5.74, 6) is 1.09. The predicted octanol–water partition coefficient (Wildman–Crippen LogP) is 4.26. The van der Waals surface area contributed by atoms with E-state index >= 15 is 0 Å². The van der Waals surface area contributed by atoms with E-state index in [0.717, 1.165) is 17.2 Å². The van der Waals surface area contributed by atoms with Crippen LogP contribution in [-0.2, 0) is 0 Å². The molecule has 0 unspecified atom stereocenters. The normalized spacial score (nSPS) is 25.8. The van der Waals surface area contributed by atoms with Gasteiger partial charge in [0.25, 0.3) is 0 Å². The number of allylic oxidation sites excluding steroid dienone is 6. The Kier molecular flexibility index (Phi) is 4.40. The SMILES string of the molecule is C=C1CCS/C=C/C=C(/Cl)C=C1C. The average Bonchev–Trinajstić information content (AvgIpc) is 2.09. The molecule has 0 spiro atoms. The molecule has 0 N–H and O–H groups in total. The molecular weight excluding hydrogens is 200 g/mol. The molecule has 0 aromatic heterocycles. The van der Waals surface area contributed by atoms with E-state index in [9.17, 15) is 0 Å². The number of halogens is 1. The Morgan fingerprint density at radius 2 is 2.31 bits per heavy atom. The van der Waals surface area contributed by atoms with Crippen molar-refractivity contribution < 1.29 is 0 Å². The third-order valence-electron chi connectivity index (χ3n) is 1.86. The van der Waals surface area contributed by atoms with Gasteiger partial charge < -0.3 is 0 Å². The number of rotatable bonds is 0. The molecule has 70 valence electrons. The number of hydrogen-bond donors (Lipinski definition) is 0. The first kappa shape index (κ1) is 10.7. The van der Waals surface area contributed by atoms with Crippen LogP contribution in [0.15, 0.2) is 46.4 Å². The quantitative estimate of drug-likeness (QED) is 0.578. The maximum atomic E-state index is 5.96. The fraction of sp³-hybridized carbons (Fsp3) is 0.273. The summed E-state index contributed by atoms with van der Waals surface area (Å²) in [6, 6.07) is 0. The monoisotopic (exact) mass is 212 g/mol. The Morgan fingerprint density at radius 1 is 1.54 bits per heavy atom. The van der Waals surface area contributed by atoms with Crippen LogP contribution in [0, 0.1) is 0 Å². The largest absolute Gasteiger partial charge is 0.134 e. The molecule has 0 aromatic rings. The maximum Gasteiger partial charge on any atom is 0.0408 e. The van der Waals surface area contributed by atoms with Gasteiger partial charge in [-0.15, -0.1) is 11.8 Å². The van der Waals surface area contributed by atoms with Crippen molar-refractivity contribution in [3.05, 3.63) is 46.4 Å². The number of hydrogen-bond acceptors (Lipinski definition) is 1. The Labute approximate surface area is 89.1 Å². The molecule has 2 heteroatoms. The van der Waals surface area contributed by atoms with Gasteiger partial charge >= 0.3 is 0 Å².